The van der Waals surface area contributed by atoms with Gasteiger partial charge in [-0.05, 0) is 19.4 Å². The summed E-state index contributed by atoms with van der Waals surface area (Å²) in [5, 5.41) is 9.80. The van der Waals surface area contributed by atoms with Gasteiger partial charge < -0.3 is 9.84 Å². The Balaban J connectivity index is 2.66. The Morgan fingerprint density at radius 2 is 2.12 bits per heavy atom. The molecule has 0 amide bonds. The summed E-state index contributed by atoms with van der Waals surface area (Å²) in [6.45, 7) is 4.33. The van der Waals surface area contributed by atoms with Gasteiger partial charge in [-0.2, -0.15) is 0 Å². The molecule has 0 unspecified atom stereocenters. The third kappa shape index (κ3) is 3.60. The van der Waals surface area contributed by atoms with Crippen molar-refractivity contribution < 1.29 is 9.84 Å². The molecule has 1 aromatic carbocycles. The second-order valence-electron chi connectivity index (χ2n) is 3.49. The third-order valence-electron chi connectivity index (χ3n) is 2.33. The van der Waals surface area contributed by atoms with Crippen molar-refractivity contribution >= 4 is 0 Å². The van der Waals surface area contributed by atoms with E-state index in [2.05, 4.69) is 11.8 Å². The quantitative estimate of drug-likeness (QED) is 0.608. The molecule has 0 aromatic heterocycles. The molecule has 0 radical (unpaired) electrons. The van der Waals surface area contributed by atoms with Gasteiger partial charge in [0.25, 0.3) is 0 Å². The number of ether oxygens (including phenoxy) is 1. The molecule has 2 nitrogen and oxygen atoms in total. The largest absolute Gasteiger partial charge is 0.492 e. The zero-order valence-electron chi connectivity index (χ0n) is 9.86. The molecule has 0 spiro atoms. The average Bonchev–Trinajstić information content (AvgIpc) is 2.34. The van der Waals surface area contributed by atoms with Gasteiger partial charge in [0.05, 0.1) is 12.7 Å². The molecule has 0 aliphatic heterocycles. The molecule has 2 heteroatoms. The molecule has 16 heavy (non-hydrogen) atoms. The van der Waals surface area contributed by atoms with Crippen molar-refractivity contribution in [2.24, 2.45) is 0 Å². The van der Waals surface area contributed by atoms with Crippen LogP contribution in [0.4, 0.5) is 0 Å². The number of benzene rings is 1. The van der Waals surface area contributed by atoms with E-state index in [1.165, 1.54) is 0 Å². The lowest BCUT2D eigenvalue weighted by atomic mass is 10.1. The number of aliphatic hydroxyl groups is 1. The van der Waals surface area contributed by atoms with Crippen molar-refractivity contribution in [3.8, 4) is 17.6 Å². The van der Waals surface area contributed by atoms with E-state index < -0.39 is 6.10 Å². The van der Waals surface area contributed by atoms with E-state index in [4.69, 9.17) is 4.74 Å². The highest BCUT2D eigenvalue weighted by Gasteiger charge is 2.10. The summed E-state index contributed by atoms with van der Waals surface area (Å²) < 4.78 is 5.60. The summed E-state index contributed by atoms with van der Waals surface area (Å²) in [6.07, 6.45) is 0.954. The molecule has 86 valence electrons. The van der Waals surface area contributed by atoms with Gasteiger partial charge in [-0.1, -0.05) is 25.1 Å². The summed E-state index contributed by atoms with van der Waals surface area (Å²) in [5.74, 6) is 6.53. The Morgan fingerprint density at radius 1 is 1.38 bits per heavy atom. The maximum atomic E-state index is 9.80. The van der Waals surface area contributed by atoms with Crippen LogP contribution < -0.4 is 4.74 Å². The van der Waals surface area contributed by atoms with E-state index in [9.17, 15) is 5.11 Å². The van der Waals surface area contributed by atoms with E-state index in [0.29, 0.717) is 19.4 Å². The molecule has 0 saturated carbocycles. The number of para-hydroxylation sites is 1. The van der Waals surface area contributed by atoms with E-state index in [0.717, 1.165) is 11.3 Å². The second-order valence-corrected chi connectivity index (χ2v) is 3.49. The van der Waals surface area contributed by atoms with Crippen LogP contribution in [0, 0.1) is 11.8 Å². The monoisotopic (exact) mass is 218 g/mol. The van der Waals surface area contributed by atoms with Gasteiger partial charge in [-0.3, -0.25) is 0 Å². The lowest BCUT2D eigenvalue weighted by Crippen LogP contribution is -2.02. The summed E-state index contributed by atoms with van der Waals surface area (Å²) in [4.78, 5) is 0. The summed E-state index contributed by atoms with van der Waals surface area (Å²) in [7, 11) is 0. The van der Waals surface area contributed by atoms with Crippen molar-refractivity contribution in [1.29, 1.82) is 0 Å². The zero-order chi connectivity index (χ0) is 11.8. The molecule has 1 atom stereocenters. The number of rotatable bonds is 5. The van der Waals surface area contributed by atoms with Crippen LogP contribution in [-0.2, 0) is 0 Å². The van der Waals surface area contributed by atoms with Crippen LogP contribution >= 0.6 is 0 Å². The smallest absolute Gasteiger partial charge is 0.125 e. The first-order valence-electron chi connectivity index (χ1n) is 5.59. The van der Waals surface area contributed by atoms with Crippen LogP contribution in [0.25, 0.3) is 0 Å². The van der Waals surface area contributed by atoms with Crippen molar-refractivity contribution in [1.82, 2.24) is 0 Å². The van der Waals surface area contributed by atoms with Crippen LogP contribution in [0.1, 0.15) is 38.4 Å². The fourth-order valence-corrected chi connectivity index (χ4v) is 1.44. The topological polar surface area (TPSA) is 29.5 Å². The standard InChI is InChI=1S/C14H18O2/c1-3-5-8-11-16-14-10-7-6-9-12(14)13(15)4-2/h6-7,9-10,13,15H,4,8,11H2,1-2H3/t13-/m0/s1. The first-order valence-corrected chi connectivity index (χ1v) is 5.59. The maximum Gasteiger partial charge on any atom is 0.125 e. The molecule has 0 bridgehead atoms. The lowest BCUT2D eigenvalue weighted by molar-refractivity contribution is 0.167. The van der Waals surface area contributed by atoms with E-state index in [-0.39, 0.29) is 0 Å². The van der Waals surface area contributed by atoms with Crippen LogP contribution in [0.3, 0.4) is 0 Å². The van der Waals surface area contributed by atoms with Gasteiger partial charge in [0.1, 0.15) is 5.75 Å². The highest BCUT2D eigenvalue weighted by Crippen LogP contribution is 2.26. The SMILES string of the molecule is CC#CCCOc1ccccc1[C@@H](O)CC. The minimum atomic E-state index is -0.451. The predicted octanol–water partition coefficient (Wildman–Crippen LogP) is 2.92. The number of hydrogen-bond donors (Lipinski definition) is 1. The Labute approximate surface area is 97.3 Å². The third-order valence-corrected chi connectivity index (χ3v) is 2.33. The number of hydrogen-bond acceptors (Lipinski definition) is 2. The molecular weight excluding hydrogens is 200 g/mol. The maximum absolute atomic E-state index is 9.80. The van der Waals surface area contributed by atoms with Crippen molar-refractivity contribution in [2.45, 2.75) is 32.8 Å². The van der Waals surface area contributed by atoms with E-state index in [1.54, 1.807) is 0 Å². The molecule has 1 rings (SSSR count). The van der Waals surface area contributed by atoms with Gasteiger partial charge >= 0.3 is 0 Å². The Morgan fingerprint density at radius 3 is 2.81 bits per heavy atom. The normalized spacial score (nSPS) is 11.4. The van der Waals surface area contributed by atoms with Gasteiger partial charge in [0.15, 0.2) is 0 Å². The lowest BCUT2D eigenvalue weighted by Gasteiger charge is -2.14. The summed E-state index contributed by atoms with van der Waals surface area (Å²) >= 11 is 0. The van der Waals surface area contributed by atoms with Gasteiger partial charge in [-0.25, -0.2) is 0 Å². The van der Waals surface area contributed by atoms with Gasteiger partial charge in [-0.15, -0.1) is 11.8 Å². The Kier molecular flexibility index (Phi) is 5.45. The van der Waals surface area contributed by atoms with Crippen molar-refractivity contribution in [2.75, 3.05) is 6.61 Å². The number of aliphatic hydroxyl groups excluding tert-OH is 1. The fraction of sp³-hybridized carbons (Fsp3) is 0.429. The van der Waals surface area contributed by atoms with Crippen LogP contribution in [0.5, 0.6) is 5.75 Å². The molecule has 1 N–H and O–H groups in total. The molecule has 0 aliphatic carbocycles. The molecular formula is C14H18O2. The molecule has 1 aromatic rings. The van der Waals surface area contributed by atoms with Crippen LogP contribution in [-0.4, -0.2) is 11.7 Å². The molecule has 0 saturated heterocycles. The minimum Gasteiger partial charge on any atom is -0.492 e. The summed E-state index contributed by atoms with van der Waals surface area (Å²) in [6, 6.07) is 7.60. The second kappa shape index (κ2) is 6.92. The van der Waals surface area contributed by atoms with Crippen molar-refractivity contribution in [3.05, 3.63) is 29.8 Å². The fourth-order valence-electron chi connectivity index (χ4n) is 1.44. The first kappa shape index (κ1) is 12.6. The van der Waals surface area contributed by atoms with Gasteiger partial charge in [0, 0.05) is 12.0 Å². The molecule has 0 aliphatic rings. The van der Waals surface area contributed by atoms with E-state index >= 15 is 0 Å². The predicted molar refractivity (Wildman–Crippen MR) is 65.3 cm³/mol. The van der Waals surface area contributed by atoms with Gasteiger partial charge in [0.2, 0.25) is 0 Å². The van der Waals surface area contributed by atoms with Crippen LogP contribution in [0.2, 0.25) is 0 Å². The first-order chi connectivity index (χ1) is 7.79. The minimum absolute atomic E-state index is 0.451. The molecule has 0 fully saturated rings. The average molecular weight is 218 g/mol. The highest BCUT2D eigenvalue weighted by molar-refractivity contribution is 5.35. The van der Waals surface area contributed by atoms with E-state index in [1.807, 2.05) is 38.1 Å². The zero-order valence-corrected chi connectivity index (χ0v) is 9.86. The van der Waals surface area contributed by atoms with Crippen molar-refractivity contribution in [3.63, 3.8) is 0 Å². The Bertz CT molecular complexity index is 374. The Hall–Kier alpha value is -1.46. The highest BCUT2D eigenvalue weighted by atomic mass is 16.5. The summed E-state index contributed by atoms with van der Waals surface area (Å²) in [5.41, 5.74) is 0.856. The van der Waals surface area contributed by atoms with Crippen LogP contribution in [0.15, 0.2) is 24.3 Å². The molecule has 0 heterocycles.